The summed E-state index contributed by atoms with van der Waals surface area (Å²) in [5.74, 6) is 0.0253. The number of nitrogens with one attached hydrogen (secondary N) is 2. The van der Waals surface area contributed by atoms with E-state index < -0.39 is 12.1 Å². The Morgan fingerprint density at radius 2 is 1.86 bits per heavy atom. The Morgan fingerprint density at radius 3 is 2.54 bits per heavy atom. The van der Waals surface area contributed by atoms with Crippen LogP contribution >= 0.6 is 24.0 Å². The predicted octanol–water partition coefficient (Wildman–Crippen LogP) is 4.63. The van der Waals surface area contributed by atoms with E-state index in [1.807, 2.05) is 6.92 Å². The number of halogens is 4. The van der Waals surface area contributed by atoms with Crippen LogP contribution < -0.4 is 10.6 Å². The van der Waals surface area contributed by atoms with Gasteiger partial charge >= 0.3 is 6.18 Å². The fraction of sp³-hybridized carbons (Fsp3) is 0.950. The van der Waals surface area contributed by atoms with Gasteiger partial charge in [0.15, 0.2) is 5.96 Å². The third-order valence-electron chi connectivity index (χ3n) is 7.37. The molecule has 4 fully saturated rings. The molecule has 0 aromatic carbocycles. The van der Waals surface area contributed by atoms with Crippen LogP contribution in [0.5, 0.6) is 0 Å². The van der Waals surface area contributed by atoms with E-state index in [1.54, 1.807) is 0 Å². The van der Waals surface area contributed by atoms with E-state index in [0.29, 0.717) is 37.0 Å². The summed E-state index contributed by atoms with van der Waals surface area (Å²) < 4.78 is 45.4. The maximum absolute atomic E-state index is 13.1. The van der Waals surface area contributed by atoms with Gasteiger partial charge in [-0.05, 0) is 45.4 Å². The minimum atomic E-state index is -4.09. The van der Waals surface area contributed by atoms with Crippen LogP contribution in [0.2, 0.25) is 0 Å². The topological polar surface area (TPSA) is 45.7 Å². The first-order valence-electron chi connectivity index (χ1n) is 10.7. The lowest BCUT2D eigenvalue weighted by Crippen LogP contribution is -2.69. The molecule has 8 heteroatoms. The van der Waals surface area contributed by atoms with Crippen LogP contribution in [0.3, 0.4) is 0 Å². The van der Waals surface area contributed by atoms with Crippen molar-refractivity contribution in [2.45, 2.75) is 89.1 Å². The Bertz CT molecular complexity index is 565. The van der Waals surface area contributed by atoms with Crippen molar-refractivity contribution in [3.63, 3.8) is 0 Å². The zero-order chi connectivity index (χ0) is 19.1. The predicted molar refractivity (Wildman–Crippen MR) is 114 cm³/mol. The van der Waals surface area contributed by atoms with Crippen molar-refractivity contribution in [2.24, 2.45) is 22.2 Å². The maximum Gasteiger partial charge on any atom is 0.391 e. The van der Waals surface area contributed by atoms with E-state index in [-0.39, 0.29) is 48.3 Å². The highest BCUT2D eigenvalue weighted by Gasteiger charge is 2.65. The van der Waals surface area contributed by atoms with Crippen molar-refractivity contribution >= 4 is 29.9 Å². The first-order chi connectivity index (χ1) is 12.9. The number of guanidine groups is 1. The van der Waals surface area contributed by atoms with Gasteiger partial charge in [-0.25, -0.2) is 0 Å². The number of alkyl halides is 3. The minimum Gasteiger partial charge on any atom is -0.377 e. The smallest absolute Gasteiger partial charge is 0.377 e. The molecule has 3 saturated carbocycles. The molecule has 0 aromatic heterocycles. The average Bonchev–Trinajstić information content (AvgIpc) is 3.28. The van der Waals surface area contributed by atoms with E-state index in [1.165, 1.54) is 25.7 Å². The van der Waals surface area contributed by atoms with Gasteiger partial charge in [0.2, 0.25) is 0 Å². The molecule has 5 atom stereocenters. The molecule has 2 N–H and O–H groups in total. The van der Waals surface area contributed by atoms with Gasteiger partial charge in [0.05, 0.1) is 12.0 Å². The van der Waals surface area contributed by atoms with Gasteiger partial charge in [-0.15, -0.1) is 24.0 Å². The quantitative estimate of drug-likeness (QED) is 0.328. The van der Waals surface area contributed by atoms with Crippen molar-refractivity contribution in [1.82, 2.24) is 10.6 Å². The molecule has 0 radical (unpaired) electrons. The lowest BCUT2D eigenvalue weighted by atomic mass is 9.54. The molecule has 5 unspecified atom stereocenters. The largest absolute Gasteiger partial charge is 0.391 e. The van der Waals surface area contributed by atoms with Crippen molar-refractivity contribution < 1.29 is 17.9 Å². The summed E-state index contributed by atoms with van der Waals surface area (Å²) in [6.07, 6.45) is 4.01. The second kappa shape index (κ2) is 8.86. The summed E-state index contributed by atoms with van der Waals surface area (Å²) in [6.45, 7) is 3.42. The third-order valence-corrected chi connectivity index (χ3v) is 7.37. The number of aliphatic imine (C=N–C) groups is 1. The molecule has 4 nitrogen and oxygen atoms in total. The molecule has 1 heterocycles. The Morgan fingerprint density at radius 1 is 1.11 bits per heavy atom. The third kappa shape index (κ3) is 4.14. The number of rotatable bonds is 3. The van der Waals surface area contributed by atoms with Gasteiger partial charge in [-0.2, -0.15) is 13.2 Å². The SMILES string of the molecule is CCN=C(NC1CCCC(C(F)(F)F)C1)NC1C2CCOC2C12CCCC2.I. The van der Waals surface area contributed by atoms with Crippen molar-refractivity contribution in [3.05, 3.63) is 0 Å². The minimum absolute atomic E-state index is 0. The zero-order valence-electron chi connectivity index (χ0n) is 16.6. The molecule has 4 rings (SSSR count). The summed E-state index contributed by atoms with van der Waals surface area (Å²) in [5.41, 5.74) is 0.207. The average molecular weight is 515 g/mol. The Hall–Kier alpha value is -0.250. The highest BCUT2D eigenvalue weighted by molar-refractivity contribution is 14.0. The molecule has 162 valence electrons. The molecule has 28 heavy (non-hydrogen) atoms. The second-order valence-corrected chi connectivity index (χ2v) is 8.88. The van der Waals surface area contributed by atoms with Crippen molar-refractivity contribution in [2.75, 3.05) is 13.2 Å². The molecular weight excluding hydrogens is 482 g/mol. The summed E-state index contributed by atoms with van der Waals surface area (Å²) in [7, 11) is 0. The van der Waals surface area contributed by atoms with E-state index in [2.05, 4.69) is 15.6 Å². The van der Waals surface area contributed by atoms with Gasteiger partial charge < -0.3 is 15.4 Å². The van der Waals surface area contributed by atoms with E-state index in [4.69, 9.17) is 4.74 Å². The monoisotopic (exact) mass is 515 g/mol. The van der Waals surface area contributed by atoms with Crippen LogP contribution in [0.4, 0.5) is 13.2 Å². The Kier molecular flexibility index (Phi) is 7.10. The van der Waals surface area contributed by atoms with Gasteiger partial charge in [0.1, 0.15) is 0 Å². The number of ether oxygens (including phenoxy) is 1. The summed E-state index contributed by atoms with van der Waals surface area (Å²) >= 11 is 0. The number of hydrogen-bond acceptors (Lipinski definition) is 2. The van der Waals surface area contributed by atoms with Crippen LogP contribution in [0.15, 0.2) is 4.99 Å². The van der Waals surface area contributed by atoms with Crippen LogP contribution in [-0.2, 0) is 4.74 Å². The molecule has 4 aliphatic rings. The molecule has 1 spiro atoms. The van der Waals surface area contributed by atoms with Gasteiger partial charge in [-0.1, -0.05) is 19.3 Å². The highest BCUT2D eigenvalue weighted by atomic mass is 127. The number of hydrogen-bond donors (Lipinski definition) is 2. The van der Waals surface area contributed by atoms with E-state index >= 15 is 0 Å². The van der Waals surface area contributed by atoms with Crippen molar-refractivity contribution in [1.29, 1.82) is 0 Å². The lowest BCUT2D eigenvalue weighted by molar-refractivity contribution is -0.183. The van der Waals surface area contributed by atoms with Gasteiger partial charge in [0, 0.05) is 36.6 Å². The molecule has 0 amide bonds. The first-order valence-corrected chi connectivity index (χ1v) is 10.7. The molecular formula is C20H33F3IN3O. The summed E-state index contributed by atoms with van der Waals surface area (Å²) in [4.78, 5) is 4.57. The maximum atomic E-state index is 13.1. The van der Waals surface area contributed by atoms with Crippen LogP contribution in [0.25, 0.3) is 0 Å². The Labute approximate surface area is 182 Å². The second-order valence-electron chi connectivity index (χ2n) is 8.88. The summed E-state index contributed by atoms with van der Waals surface area (Å²) in [5, 5.41) is 6.98. The Balaban J connectivity index is 0.00000225. The molecule has 1 saturated heterocycles. The molecule has 3 aliphatic carbocycles. The number of fused-ring (bicyclic) bond motifs is 2. The highest BCUT2D eigenvalue weighted by Crippen LogP contribution is 2.60. The van der Waals surface area contributed by atoms with Gasteiger partial charge in [-0.3, -0.25) is 4.99 Å². The normalized spacial score (nSPS) is 37.1. The fourth-order valence-corrected chi connectivity index (χ4v) is 6.15. The van der Waals surface area contributed by atoms with E-state index in [9.17, 15) is 13.2 Å². The standard InChI is InChI=1S/C20H32F3N3O.HI/c1-2-24-18(25-14-7-5-6-13(12-14)20(21,22)23)26-16-15-8-11-27-17(15)19(16)9-3-4-10-19;/h13-17H,2-12H2,1H3,(H2,24,25,26);1H. The van der Waals surface area contributed by atoms with Gasteiger partial charge in [0.25, 0.3) is 0 Å². The summed E-state index contributed by atoms with van der Waals surface area (Å²) in [6, 6.07) is 0.186. The molecule has 0 bridgehead atoms. The van der Waals surface area contributed by atoms with Crippen LogP contribution in [0.1, 0.15) is 64.7 Å². The number of nitrogens with zero attached hydrogens (tertiary/aromatic N) is 1. The van der Waals surface area contributed by atoms with Crippen LogP contribution in [-0.4, -0.2) is 43.5 Å². The molecule has 1 aliphatic heterocycles. The van der Waals surface area contributed by atoms with Crippen LogP contribution in [0, 0.1) is 17.3 Å². The fourth-order valence-electron chi connectivity index (χ4n) is 6.15. The van der Waals surface area contributed by atoms with Crippen molar-refractivity contribution in [3.8, 4) is 0 Å². The lowest BCUT2D eigenvalue weighted by Gasteiger charge is -2.57. The van der Waals surface area contributed by atoms with E-state index in [0.717, 1.165) is 19.4 Å². The molecule has 0 aromatic rings. The zero-order valence-corrected chi connectivity index (χ0v) is 18.9. The first kappa shape index (κ1) is 22.4.